The van der Waals surface area contributed by atoms with E-state index in [4.69, 9.17) is 27.5 Å². The molecule has 7 heteroatoms. The van der Waals surface area contributed by atoms with Gasteiger partial charge in [0.05, 0.1) is 39.6 Å². The summed E-state index contributed by atoms with van der Waals surface area (Å²) >= 11 is 0. The maximum atomic E-state index is 6.22. The minimum absolute atomic E-state index is 0.381. The summed E-state index contributed by atoms with van der Waals surface area (Å²) in [7, 11) is 1.74. The van der Waals surface area contributed by atoms with Gasteiger partial charge in [-0.05, 0) is 10.8 Å². The summed E-state index contributed by atoms with van der Waals surface area (Å²) in [6.45, 7) is 2.52. The molecule has 0 aliphatic rings. The average Bonchev–Trinajstić information content (AvgIpc) is 2.68. The number of methoxy groups -OCH3 is 3. The van der Waals surface area contributed by atoms with Gasteiger partial charge in [-0.3, -0.25) is 0 Å². The van der Waals surface area contributed by atoms with E-state index in [0.717, 1.165) is 16.0 Å². The second-order valence-corrected chi connectivity index (χ2v) is 8.12. The lowest BCUT2D eigenvalue weighted by atomic mass is 10.1. The van der Waals surface area contributed by atoms with Crippen LogP contribution < -0.4 is 5.19 Å². The molecule has 0 unspecified atom stereocenters. The van der Waals surface area contributed by atoms with Gasteiger partial charge < -0.3 is 27.5 Å². The highest BCUT2D eigenvalue weighted by Crippen LogP contribution is 2.19. The largest absolute Gasteiger partial charge is 0.538 e. The normalized spacial score (nSPS) is 12.0. The molecule has 0 heterocycles. The lowest BCUT2D eigenvalue weighted by molar-refractivity contribution is 0.0245. The molecule has 0 aliphatic heterocycles. The third-order valence-corrected chi connectivity index (χ3v) is 6.71. The van der Waals surface area contributed by atoms with Crippen molar-refractivity contribution in [3.8, 4) is 0 Å². The maximum Gasteiger partial charge on any atom is 0.538 e. The zero-order valence-electron chi connectivity index (χ0n) is 15.7. The minimum atomic E-state index is -3.19. The number of hydrogen-bond donors (Lipinski definition) is 0. The van der Waals surface area contributed by atoms with Gasteiger partial charge in [-0.15, -0.1) is 0 Å². The van der Waals surface area contributed by atoms with E-state index in [-0.39, 0.29) is 0 Å². The molecule has 0 saturated heterocycles. The molecular formula is C19H28O6Si. The van der Waals surface area contributed by atoms with Crippen molar-refractivity contribution in [2.75, 3.05) is 61.0 Å². The quantitative estimate of drug-likeness (QED) is 0.391. The third kappa shape index (κ3) is 5.59. The summed E-state index contributed by atoms with van der Waals surface area (Å²) in [6.07, 6.45) is 0. The van der Waals surface area contributed by atoms with Gasteiger partial charge in [-0.2, -0.15) is 0 Å². The van der Waals surface area contributed by atoms with E-state index in [1.54, 1.807) is 21.3 Å². The lowest BCUT2D eigenvalue weighted by Gasteiger charge is -2.30. The Labute approximate surface area is 156 Å². The molecule has 0 atom stereocenters. The van der Waals surface area contributed by atoms with Crippen LogP contribution in [0.15, 0.2) is 42.5 Å². The van der Waals surface area contributed by atoms with Crippen LogP contribution in [0.25, 0.3) is 10.8 Å². The van der Waals surface area contributed by atoms with Gasteiger partial charge >= 0.3 is 8.80 Å². The number of rotatable bonds is 13. The van der Waals surface area contributed by atoms with Gasteiger partial charge in [0.15, 0.2) is 0 Å². The van der Waals surface area contributed by atoms with Crippen molar-refractivity contribution < 1.29 is 27.5 Å². The summed E-state index contributed by atoms with van der Waals surface area (Å²) in [5, 5.41) is 3.12. The standard InChI is InChI=1S/C19H28O6Si/c1-20-11-14-23-26(24-15-12-21-2,25-16-13-22-3)19-10-6-8-17-7-4-5-9-18(17)19/h4-10H,11-16H2,1-3H3. The summed E-state index contributed by atoms with van der Waals surface area (Å²) in [6, 6.07) is 14.2. The molecular weight excluding hydrogens is 352 g/mol. The molecule has 2 aromatic rings. The van der Waals surface area contributed by atoms with Crippen molar-refractivity contribution in [2.45, 2.75) is 0 Å². The summed E-state index contributed by atoms with van der Waals surface area (Å²) in [5.41, 5.74) is 0. The van der Waals surface area contributed by atoms with Crippen LogP contribution >= 0.6 is 0 Å². The Morgan fingerprint density at radius 3 is 1.65 bits per heavy atom. The van der Waals surface area contributed by atoms with E-state index < -0.39 is 8.80 Å². The van der Waals surface area contributed by atoms with E-state index in [1.807, 2.05) is 24.3 Å². The number of fused-ring (bicyclic) bond motifs is 1. The van der Waals surface area contributed by atoms with Crippen molar-refractivity contribution in [3.63, 3.8) is 0 Å². The Balaban J connectivity index is 2.42. The molecule has 0 N–H and O–H groups in total. The Kier molecular flexibility index (Phi) is 9.20. The Bertz CT molecular complexity index is 619. The molecule has 144 valence electrons. The van der Waals surface area contributed by atoms with Gasteiger partial charge in [0.25, 0.3) is 0 Å². The molecule has 0 spiro atoms. The fraction of sp³-hybridized carbons (Fsp3) is 0.474. The smallest absolute Gasteiger partial charge is 0.382 e. The van der Waals surface area contributed by atoms with Crippen LogP contribution in [0.2, 0.25) is 0 Å². The molecule has 0 radical (unpaired) electrons. The molecule has 0 aromatic heterocycles. The van der Waals surface area contributed by atoms with Crippen molar-refractivity contribution in [2.24, 2.45) is 0 Å². The first-order chi connectivity index (χ1) is 12.8. The summed E-state index contributed by atoms with van der Waals surface area (Å²) in [5.74, 6) is 0. The van der Waals surface area contributed by atoms with Gasteiger partial charge in [0.1, 0.15) is 0 Å². The predicted octanol–water partition coefficient (Wildman–Crippen LogP) is 1.97. The number of hydrogen-bond acceptors (Lipinski definition) is 6. The second-order valence-electron chi connectivity index (χ2n) is 5.61. The highest BCUT2D eigenvalue weighted by molar-refractivity contribution is 6.77. The fourth-order valence-corrected chi connectivity index (χ4v) is 5.26. The average molecular weight is 381 g/mol. The van der Waals surface area contributed by atoms with Gasteiger partial charge in [0, 0.05) is 26.5 Å². The van der Waals surface area contributed by atoms with Crippen molar-refractivity contribution in [1.29, 1.82) is 0 Å². The van der Waals surface area contributed by atoms with E-state index in [2.05, 4.69) is 18.2 Å². The van der Waals surface area contributed by atoms with Crippen LogP contribution in [0.1, 0.15) is 0 Å². The van der Waals surface area contributed by atoms with E-state index in [1.165, 1.54) is 0 Å². The molecule has 0 amide bonds. The molecule has 26 heavy (non-hydrogen) atoms. The van der Waals surface area contributed by atoms with Gasteiger partial charge in [-0.25, -0.2) is 0 Å². The van der Waals surface area contributed by atoms with E-state index >= 15 is 0 Å². The first-order valence-electron chi connectivity index (χ1n) is 8.64. The SMILES string of the molecule is COCCO[Si](OCCOC)(OCCOC)c1cccc2ccccc12. The zero-order chi connectivity index (χ0) is 18.7. The second kappa shape index (κ2) is 11.4. The molecule has 0 aliphatic carbocycles. The molecule has 0 saturated carbocycles. The van der Waals surface area contributed by atoms with Gasteiger partial charge in [0.2, 0.25) is 0 Å². The Morgan fingerprint density at radius 1 is 0.615 bits per heavy atom. The molecule has 0 fully saturated rings. The van der Waals surface area contributed by atoms with Crippen LogP contribution in [0.3, 0.4) is 0 Å². The monoisotopic (exact) mass is 380 g/mol. The highest BCUT2D eigenvalue weighted by Gasteiger charge is 2.45. The zero-order valence-corrected chi connectivity index (χ0v) is 16.7. The van der Waals surface area contributed by atoms with Crippen LogP contribution in [-0.2, 0) is 27.5 Å². The van der Waals surface area contributed by atoms with Crippen LogP contribution in [0.5, 0.6) is 0 Å². The topological polar surface area (TPSA) is 55.4 Å². The van der Waals surface area contributed by atoms with Crippen molar-refractivity contribution in [1.82, 2.24) is 0 Å². The Hall–Kier alpha value is -1.32. The summed E-state index contributed by atoms with van der Waals surface area (Å²) < 4.78 is 34.1. The Morgan fingerprint density at radius 2 is 1.12 bits per heavy atom. The highest BCUT2D eigenvalue weighted by atomic mass is 28.4. The van der Waals surface area contributed by atoms with Crippen LogP contribution in [0, 0.1) is 0 Å². The van der Waals surface area contributed by atoms with E-state index in [9.17, 15) is 0 Å². The maximum absolute atomic E-state index is 6.22. The first-order valence-corrected chi connectivity index (χ1v) is 10.4. The summed E-state index contributed by atoms with van der Waals surface area (Å²) in [4.78, 5) is 0. The van der Waals surface area contributed by atoms with E-state index in [0.29, 0.717) is 39.6 Å². The van der Waals surface area contributed by atoms with Crippen LogP contribution in [-0.4, -0.2) is 69.8 Å². The van der Waals surface area contributed by atoms with Gasteiger partial charge in [-0.1, -0.05) is 42.5 Å². The van der Waals surface area contributed by atoms with Crippen molar-refractivity contribution in [3.05, 3.63) is 42.5 Å². The van der Waals surface area contributed by atoms with Crippen LogP contribution in [0.4, 0.5) is 0 Å². The molecule has 2 aromatic carbocycles. The number of benzene rings is 2. The lowest BCUT2D eigenvalue weighted by Crippen LogP contribution is -2.58. The molecule has 6 nitrogen and oxygen atoms in total. The third-order valence-electron chi connectivity index (χ3n) is 3.86. The first kappa shape index (κ1) is 21.0. The fourth-order valence-electron chi connectivity index (χ4n) is 2.63. The minimum Gasteiger partial charge on any atom is -0.382 e. The van der Waals surface area contributed by atoms with Crippen molar-refractivity contribution >= 4 is 24.8 Å². The number of ether oxygens (including phenoxy) is 3. The predicted molar refractivity (Wildman–Crippen MR) is 103 cm³/mol. The molecule has 2 rings (SSSR count). The molecule has 0 bridgehead atoms.